The van der Waals surface area contributed by atoms with Crippen molar-refractivity contribution in [2.75, 3.05) is 11.1 Å². The van der Waals surface area contributed by atoms with Crippen LogP contribution in [0.25, 0.3) is 0 Å². The van der Waals surface area contributed by atoms with Crippen molar-refractivity contribution in [3.05, 3.63) is 40.9 Å². The Morgan fingerprint density at radius 2 is 2.11 bits per heavy atom. The Balaban J connectivity index is 2.24. The van der Waals surface area contributed by atoms with Gasteiger partial charge in [-0.05, 0) is 26.0 Å². The first-order chi connectivity index (χ1) is 8.47. The lowest BCUT2D eigenvalue weighted by molar-refractivity contribution is 0.102. The van der Waals surface area contributed by atoms with Crippen molar-refractivity contribution in [1.82, 2.24) is 5.16 Å². The maximum Gasteiger partial charge on any atom is 0.257 e. The highest BCUT2D eigenvalue weighted by Gasteiger charge is 2.12. The summed E-state index contributed by atoms with van der Waals surface area (Å²) in [5, 5.41) is 6.10. The van der Waals surface area contributed by atoms with Crippen LogP contribution in [0, 0.1) is 19.7 Å². The Kier molecular flexibility index (Phi) is 3.01. The second-order valence-electron chi connectivity index (χ2n) is 3.95. The molecule has 1 heterocycles. The summed E-state index contributed by atoms with van der Waals surface area (Å²) in [5.41, 5.74) is 6.29. The molecule has 94 valence electrons. The molecule has 0 aliphatic rings. The van der Waals surface area contributed by atoms with Crippen LogP contribution in [0.4, 0.5) is 15.9 Å². The van der Waals surface area contributed by atoms with Crippen molar-refractivity contribution in [2.45, 2.75) is 13.8 Å². The molecule has 0 fully saturated rings. The van der Waals surface area contributed by atoms with Crippen LogP contribution in [-0.4, -0.2) is 11.1 Å². The monoisotopic (exact) mass is 249 g/mol. The summed E-state index contributed by atoms with van der Waals surface area (Å²) in [6.45, 7) is 3.25. The summed E-state index contributed by atoms with van der Waals surface area (Å²) in [4.78, 5) is 11.8. The zero-order chi connectivity index (χ0) is 13.3. The molecule has 1 aromatic carbocycles. The normalized spacial score (nSPS) is 10.4. The molecule has 0 unspecified atom stereocenters. The predicted octanol–water partition coefficient (Wildman–Crippen LogP) is 2.27. The average Bonchev–Trinajstić information content (AvgIpc) is 2.71. The van der Waals surface area contributed by atoms with Gasteiger partial charge in [-0.2, -0.15) is 0 Å². The number of hydrogen-bond acceptors (Lipinski definition) is 4. The molecule has 2 rings (SSSR count). The van der Waals surface area contributed by atoms with E-state index in [9.17, 15) is 9.18 Å². The zero-order valence-electron chi connectivity index (χ0n) is 9.95. The lowest BCUT2D eigenvalue weighted by Gasteiger charge is -2.06. The van der Waals surface area contributed by atoms with Crippen LogP contribution in [0.2, 0.25) is 0 Å². The van der Waals surface area contributed by atoms with Crippen LogP contribution < -0.4 is 11.1 Å². The molecule has 6 heteroatoms. The van der Waals surface area contributed by atoms with E-state index in [-0.39, 0.29) is 17.1 Å². The Hall–Kier alpha value is -2.37. The van der Waals surface area contributed by atoms with Gasteiger partial charge in [-0.15, -0.1) is 0 Å². The van der Waals surface area contributed by atoms with Crippen LogP contribution in [-0.2, 0) is 0 Å². The molecule has 2 aromatic rings. The fourth-order valence-electron chi connectivity index (χ4n) is 1.45. The maximum atomic E-state index is 13.4. The van der Waals surface area contributed by atoms with Crippen molar-refractivity contribution < 1.29 is 13.7 Å². The SMILES string of the molecule is Cc1cc(NC(=O)c2cc(N)c(C)c(F)c2)no1. The van der Waals surface area contributed by atoms with Crippen LogP contribution in [0.1, 0.15) is 21.7 Å². The van der Waals surface area contributed by atoms with E-state index in [1.54, 1.807) is 19.9 Å². The zero-order valence-corrected chi connectivity index (χ0v) is 9.95. The van der Waals surface area contributed by atoms with Gasteiger partial charge in [0.25, 0.3) is 5.91 Å². The molecule has 0 spiro atoms. The number of nitrogens with zero attached hydrogens (tertiary/aromatic N) is 1. The molecule has 0 bridgehead atoms. The summed E-state index contributed by atoms with van der Waals surface area (Å²) >= 11 is 0. The van der Waals surface area contributed by atoms with E-state index < -0.39 is 11.7 Å². The number of nitrogens with two attached hydrogens (primary N) is 1. The largest absolute Gasteiger partial charge is 0.398 e. The van der Waals surface area contributed by atoms with E-state index in [0.717, 1.165) is 6.07 Å². The third-order valence-electron chi connectivity index (χ3n) is 2.52. The molecule has 0 atom stereocenters. The Bertz CT molecular complexity index is 584. The van der Waals surface area contributed by atoms with Gasteiger partial charge in [0.1, 0.15) is 11.6 Å². The molecule has 1 amide bonds. The fourth-order valence-corrected chi connectivity index (χ4v) is 1.45. The average molecular weight is 249 g/mol. The third kappa shape index (κ3) is 2.32. The lowest BCUT2D eigenvalue weighted by atomic mass is 10.1. The van der Waals surface area contributed by atoms with E-state index in [4.69, 9.17) is 10.3 Å². The maximum absolute atomic E-state index is 13.4. The van der Waals surface area contributed by atoms with Gasteiger partial charge < -0.3 is 15.6 Å². The van der Waals surface area contributed by atoms with Crippen molar-refractivity contribution in [3.8, 4) is 0 Å². The van der Waals surface area contributed by atoms with Crippen molar-refractivity contribution in [2.24, 2.45) is 0 Å². The quantitative estimate of drug-likeness (QED) is 0.800. The molecule has 3 N–H and O–H groups in total. The number of anilines is 2. The van der Waals surface area contributed by atoms with Crippen LogP contribution in [0.3, 0.4) is 0 Å². The molecule has 5 nitrogen and oxygen atoms in total. The number of nitrogen functional groups attached to an aromatic ring is 1. The topological polar surface area (TPSA) is 81.2 Å². The number of carbonyl (C=O) groups is 1. The minimum Gasteiger partial charge on any atom is -0.398 e. The Morgan fingerprint density at radius 1 is 1.39 bits per heavy atom. The smallest absolute Gasteiger partial charge is 0.257 e. The summed E-state index contributed by atoms with van der Waals surface area (Å²) < 4.78 is 18.3. The van der Waals surface area contributed by atoms with Gasteiger partial charge in [0.15, 0.2) is 5.82 Å². The number of nitrogens with one attached hydrogen (secondary N) is 1. The summed E-state index contributed by atoms with van der Waals surface area (Å²) in [6, 6.07) is 4.11. The number of rotatable bonds is 2. The van der Waals surface area contributed by atoms with Crippen LogP contribution in [0.15, 0.2) is 22.7 Å². The molecule has 0 saturated heterocycles. The van der Waals surface area contributed by atoms with Crippen LogP contribution >= 0.6 is 0 Å². The first-order valence-corrected chi connectivity index (χ1v) is 5.27. The minimum absolute atomic E-state index is 0.135. The van der Waals surface area contributed by atoms with Crippen molar-refractivity contribution in [3.63, 3.8) is 0 Å². The van der Waals surface area contributed by atoms with Gasteiger partial charge in [0, 0.05) is 22.9 Å². The molecular formula is C12H12FN3O2. The van der Waals surface area contributed by atoms with E-state index in [1.807, 2.05) is 0 Å². The number of carbonyl (C=O) groups excluding carboxylic acids is 1. The second kappa shape index (κ2) is 4.48. The molecule has 0 aliphatic carbocycles. The number of aromatic nitrogens is 1. The van der Waals surface area contributed by atoms with E-state index in [2.05, 4.69) is 10.5 Å². The first-order valence-electron chi connectivity index (χ1n) is 5.27. The molecule has 0 aliphatic heterocycles. The van der Waals surface area contributed by atoms with E-state index >= 15 is 0 Å². The highest BCUT2D eigenvalue weighted by molar-refractivity contribution is 6.04. The van der Waals surface area contributed by atoms with Crippen molar-refractivity contribution >= 4 is 17.4 Å². The lowest BCUT2D eigenvalue weighted by Crippen LogP contribution is -2.13. The summed E-state index contributed by atoms with van der Waals surface area (Å²) in [5.74, 6) is -0.165. The van der Waals surface area contributed by atoms with Gasteiger partial charge >= 0.3 is 0 Å². The van der Waals surface area contributed by atoms with E-state index in [1.165, 1.54) is 6.07 Å². The number of amides is 1. The van der Waals surface area contributed by atoms with Gasteiger partial charge in [0.05, 0.1) is 0 Å². The third-order valence-corrected chi connectivity index (χ3v) is 2.52. The number of halogens is 1. The Morgan fingerprint density at radius 3 is 2.67 bits per heavy atom. The van der Waals surface area contributed by atoms with Crippen molar-refractivity contribution in [1.29, 1.82) is 0 Å². The van der Waals surface area contributed by atoms with Gasteiger partial charge in [0.2, 0.25) is 0 Å². The van der Waals surface area contributed by atoms with Gasteiger partial charge in [-0.3, -0.25) is 4.79 Å². The standard InChI is InChI=1S/C12H12FN3O2/c1-6-3-11(16-18-6)15-12(17)8-4-9(13)7(2)10(14)5-8/h3-5H,14H2,1-2H3,(H,15,16,17). The van der Waals surface area contributed by atoms with Gasteiger partial charge in [-0.25, -0.2) is 4.39 Å². The molecule has 0 radical (unpaired) electrons. The van der Waals surface area contributed by atoms with Gasteiger partial charge in [-0.1, -0.05) is 5.16 Å². The first kappa shape index (κ1) is 12.1. The number of hydrogen-bond donors (Lipinski definition) is 2. The summed E-state index contributed by atoms with van der Waals surface area (Å²) in [6.07, 6.45) is 0. The Labute approximate surface area is 103 Å². The molecule has 1 aromatic heterocycles. The summed E-state index contributed by atoms with van der Waals surface area (Å²) in [7, 11) is 0. The fraction of sp³-hybridized carbons (Fsp3) is 0.167. The highest BCUT2D eigenvalue weighted by atomic mass is 19.1. The predicted molar refractivity (Wildman–Crippen MR) is 64.7 cm³/mol. The minimum atomic E-state index is -0.517. The molecule has 0 saturated carbocycles. The van der Waals surface area contributed by atoms with Crippen LogP contribution in [0.5, 0.6) is 0 Å². The van der Waals surface area contributed by atoms with E-state index in [0.29, 0.717) is 11.3 Å². The number of benzene rings is 1. The molecule has 18 heavy (non-hydrogen) atoms. The molecular weight excluding hydrogens is 237 g/mol. The second-order valence-corrected chi connectivity index (χ2v) is 3.95. The highest BCUT2D eigenvalue weighted by Crippen LogP contribution is 2.18. The number of aryl methyl sites for hydroxylation is 1.